The molecule has 0 spiro atoms. The van der Waals surface area contributed by atoms with Gasteiger partial charge >= 0.3 is 5.97 Å². The summed E-state index contributed by atoms with van der Waals surface area (Å²) in [4.78, 5) is 23.7. The molecule has 0 radical (unpaired) electrons. The number of hydrogen-bond acceptors (Lipinski definition) is 4. The summed E-state index contributed by atoms with van der Waals surface area (Å²) in [5.41, 5.74) is 1.82. The van der Waals surface area contributed by atoms with Crippen molar-refractivity contribution in [2.24, 2.45) is 0 Å². The first kappa shape index (κ1) is 18.0. The lowest BCUT2D eigenvalue weighted by molar-refractivity contribution is 0.0600. The number of hydrogen-bond donors (Lipinski definition) is 1. The molecule has 2 rings (SSSR count). The number of halogens is 1. The Labute approximate surface area is 149 Å². The fourth-order valence-electron chi connectivity index (χ4n) is 2.19. The number of ether oxygens (including phenoxy) is 2. The molecular formula is C18H18BrNO4. The lowest BCUT2D eigenvalue weighted by Gasteiger charge is -2.16. The molecule has 24 heavy (non-hydrogen) atoms. The summed E-state index contributed by atoms with van der Waals surface area (Å²) >= 11 is 3.43. The van der Waals surface area contributed by atoms with Crippen molar-refractivity contribution < 1.29 is 19.1 Å². The zero-order valence-electron chi connectivity index (χ0n) is 13.6. The molecule has 0 unspecified atom stereocenters. The number of nitrogens with one attached hydrogen (secondary N) is 1. The van der Waals surface area contributed by atoms with Crippen molar-refractivity contribution in [2.45, 2.75) is 13.0 Å². The van der Waals surface area contributed by atoms with Gasteiger partial charge in [0.15, 0.2) is 0 Å². The summed E-state index contributed by atoms with van der Waals surface area (Å²) < 4.78 is 10.7. The zero-order valence-corrected chi connectivity index (χ0v) is 15.2. The van der Waals surface area contributed by atoms with Crippen LogP contribution >= 0.6 is 15.9 Å². The normalized spacial score (nSPS) is 11.5. The second-order valence-corrected chi connectivity index (χ2v) is 6.01. The Morgan fingerprint density at radius 2 is 1.67 bits per heavy atom. The minimum atomic E-state index is -0.432. The number of esters is 1. The van der Waals surface area contributed by atoms with Crippen molar-refractivity contribution in [3.63, 3.8) is 0 Å². The molecule has 0 bridgehead atoms. The van der Waals surface area contributed by atoms with Gasteiger partial charge in [-0.1, -0.05) is 6.07 Å². The molecule has 0 saturated heterocycles. The van der Waals surface area contributed by atoms with Crippen molar-refractivity contribution in [2.75, 3.05) is 14.2 Å². The van der Waals surface area contributed by atoms with Gasteiger partial charge in [-0.25, -0.2) is 4.79 Å². The summed E-state index contributed by atoms with van der Waals surface area (Å²) in [5.74, 6) is 0.0833. The van der Waals surface area contributed by atoms with Gasteiger partial charge in [-0.05, 0) is 64.8 Å². The molecule has 5 nitrogen and oxygen atoms in total. The van der Waals surface area contributed by atoms with Gasteiger partial charge < -0.3 is 14.8 Å². The van der Waals surface area contributed by atoms with E-state index in [4.69, 9.17) is 4.74 Å². The van der Waals surface area contributed by atoms with E-state index in [0.29, 0.717) is 11.1 Å². The van der Waals surface area contributed by atoms with Gasteiger partial charge in [0.05, 0.1) is 30.3 Å². The Morgan fingerprint density at radius 3 is 2.21 bits per heavy atom. The van der Waals surface area contributed by atoms with Crippen LogP contribution in [0.1, 0.15) is 39.2 Å². The number of carbonyl (C=O) groups is 2. The van der Waals surface area contributed by atoms with E-state index in [9.17, 15) is 9.59 Å². The summed E-state index contributed by atoms with van der Waals surface area (Å²) in [5, 5.41) is 2.92. The molecule has 0 aliphatic rings. The largest absolute Gasteiger partial charge is 0.496 e. The molecule has 1 atom stereocenters. The molecule has 0 fully saturated rings. The minimum Gasteiger partial charge on any atom is -0.496 e. The van der Waals surface area contributed by atoms with Crippen molar-refractivity contribution in [1.82, 2.24) is 5.32 Å². The molecule has 126 valence electrons. The van der Waals surface area contributed by atoms with E-state index in [1.165, 1.54) is 7.11 Å². The van der Waals surface area contributed by atoms with E-state index >= 15 is 0 Å². The molecule has 1 N–H and O–H groups in total. The van der Waals surface area contributed by atoms with Crippen LogP contribution in [0.4, 0.5) is 0 Å². The highest BCUT2D eigenvalue weighted by atomic mass is 79.9. The Morgan fingerprint density at radius 1 is 1.04 bits per heavy atom. The fraction of sp³-hybridized carbons (Fsp3) is 0.222. The number of carbonyl (C=O) groups excluding carboxylic acids is 2. The lowest BCUT2D eigenvalue weighted by atomic mass is 10.1. The van der Waals surface area contributed by atoms with Gasteiger partial charge in [-0.2, -0.15) is 0 Å². The molecule has 6 heteroatoms. The lowest BCUT2D eigenvalue weighted by Crippen LogP contribution is -2.26. The SMILES string of the molecule is COC(=O)c1ccc(C(=O)N[C@H](C)c2ccc(OC)c(Br)c2)cc1. The molecule has 0 aliphatic heterocycles. The maximum absolute atomic E-state index is 12.3. The van der Waals surface area contributed by atoms with E-state index in [-0.39, 0.29) is 11.9 Å². The van der Waals surface area contributed by atoms with Gasteiger partial charge in [0.2, 0.25) is 0 Å². The van der Waals surface area contributed by atoms with Crippen LogP contribution in [0.25, 0.3) is 0 Å². The number of methoxy groups -OCH3 is 2. The Bertz CT molecular complexity index is 743. The number of benzene rings is 2. The predicted octanol–water partition coefficient (Wildman–Crippen LogP) is 3.74. The Hall–Kier alpha value is -2.34. The highest BCUT2D eigenvalue weighted by Crippen LogP contribution is 2.28. The summed E-state index contributed by atoms with van der Waals surface area (Å²) in [7, 11) is 2.92. The number of rotatable bonds is 5. The number of amides is 1. The maximum atomic E-state index is 12.3. The smallest absolute Gasteiger partial charge is 0.337 e. The standard InChI is InChI=1S/C18H18BrNO4/c1-11(14-8-9-16(23-2)15(19)10-14)20-17(21)12-4-6-13(7-5-12)18(22)24-3/h4-11H,1-3H3,(H,20,21)/t11-/m1/s1. The van der Waals surface area contributed by atoms with E-state index in [2.05, 4.69) is 26.0 Å². The van der Waals surface area contributed by atoms with E-state index in [1.807, 2.05) is 25.1 Å². The summed E-state index contributed by atoms with van der Waals surface area (Å²) in [6, 6.07) is 11.8. The third kappa shape index (κ3) is 4.14. The molecule has 0 saturated carbocycles. The second kappa shape index (κ2) is 7.97. The van der Waals surface area contributed by atoms with Gasteiger partial charge in [-0.3, -0.25) is 4.79 Å². The van der Waals surface area contributed by atoms with Gasteiger partial charge in [-0.15, -0.1) is 0 Å². The van der Waals surface area contributed by atoms with Crippen LogP contribution in [-0.4, -0.2) is 26.1 Å². The van der Waals surface area contributed by atoms with Gasteiger partial charge in [0.1, 0.15) is 5.75 Å². The molecule has 2 aromatic carbocycles. The van der Waals surface area contributed by atoms with Gasteiger partial charge in [0, 0.05) is 5.56 Å². The molecule has 0 heterocycles. The Kier molecular flexibility index (Phi) is 5.98. The maximum Gasteiger partial charge on any atom is 0.337 e. The molecule has 1 amide bonds. The first-order chi connectivity index (χ1) is 11.5. The first-order valence-corrected chi connectivity index (χ1v) is 8.08. The van der Waals surface area contributed by atoms with E-state index in [0.717, 1.165) is 15.8 Å². The molecule has 2 aromatic rings. The molecule has 0 aliphatic carbocycles. The average Bonchev–Trinajstić information content (AvgIpc) is 2.60. The van der Waals surface area contributed by atoms with Crippen LogP contribution in [0.3, 0.4) is 0 Å². The van der Waals surface area contributed by atoms with Crippen LogP contribution in [0.2, 0.25) is 0 Å². The molecular weight excluding hydrogens is 374 g/mol. The third-order valence-corrected chi connectivity index (χ3v) is 4.21. The van der Waals surface area contributed by atoms with Crippen molar-refractivity contribution >= 4 is 27.8 Å². The van der Waals surface area contributed by atoms with Crippen LogP contribution in [0.15, 0.2) is 46.9 Å². The van der Waals surface area contributed by atoms with E-state index < -0.39 is 5.97 Å². The quantitative estimate of drug-likeness (QED) is 0.788. The average molecular weight is 392 g/mol. The van der Waals surface area contributed by atoms with Crippen LogP contribution in [-0.2, 0) is 4.74 Å². The Balaban J connectivity index is 2.08. The summed E-state index contributed by atoms with van der Waals surface area (Å²) in [6.45, 7) is 1.90. The van der Waals surface area contributed by atoms with Crippen LogP contribution in [0, 0.1) is 0 Å². The van der Waals surface area contributed by atoms with Crippen molar-refractivity contribution in [3.05, 3.63) is 63.6 Å². The van der Waals surface area contributed by atoms with Gasteiger partial charge in [0.25, 0.3) is 5.91 Å². The fourth-order valence-corrected chi connectivity index (χ4v) is 2.75. The summed E-state index contributed by atoms with van der Waals surface area (Å²) in [6.07, 6.45) is 0. The predicted molar refractivity (Wildman–Crippen MR) is 94.4 cm³/mol. The topological polar surface area (TPSA) is 64.6 Å². The minimum absolute atomic E-state index is 0.181. The first-order valence-electron chi connectivity index (χ1n) is 7.29. The second-order valence-electron chi connectivity index (χ2n) is 5.16. The van der Waals surface area contributed by atoms with Crippen LogP contribution in [0.5, 0.6) is 5.75 Å². The monoisotopic (exact) mass is 391 g/mol. The van der Waals surface area contributed by atoms with Crippen molar-refractivity contribution in [1.29, 1.82) is 0 Å². The highest BCUT2D eigenvalue weighted by Gasteiger charge is 2.14. The van der Waals surface area contributed by atoms with E-state index in [1.54, 1.807) is 31.4 Å². The molecule has 0 aromatic heterocycles. The van der Waals surface area contributed by atoms with Crippen molar-refractivity contribution in [3.8, 4) is 5.75 Å². The van der Waals surface area contributed by atoms with Crippen LogP contribution < -0.4 is 10.1 Å². The third-order valence-electron chi connectivity index (χ3n) is 3.59. The zero-order chi connectivity index (χ0) is 17.7. The highest BCUT2D eigenvalue weighted by molar-refractivity contribution is 9.10.